The Hall–Kier alpha value is -2.58. The largest absolute Gasteiger partial charge is 0.461 e. The average molecular weight is 432 g/mol. The van der Waals surface area contributed by atoms with E-state index in [0.717, 1.165) is 12.1 Å². The monoisotopic (exact) mass is 431 g/mol. The molecule has 0 aliphatic heterocycles. The highest BCUT2D eigenvalue weighted by Crippen LogP contribution is 2.31. The fourth-order valence-corrected chi connectivity index (χ4v) is 2.74. The summed E-state index contributed by atoms with van der Waals surface area (Å²) in [7, 11) is 0. The summed E-state index contributed by atoms with van der Waals surface area (Å²) < 4.78 is 54.7. The molecule has 1 N–H and O–H groups in total. The summed E-state index contributed by atoms with van der Waals surface area (Å²) in [6, 6.07) is 11.7. The normalized spacial score (nSPS) is 11.5. The minimum atomic E-state index is -4.60. The van der Waals surface area contributed by atoms with Crippen LogP contribution >= 0.6 is 23.2 Å². The van der Waals surface area contributed by atoms with Gasteiger partial charge in [0.05, 0.1) is 10.7 Å². The van der Waals surface area contributed by atoms with Gasteiger partial charge < -0.3 is 10.1 Å². The first-order chi connectivity index (χ1) is 13.2. The number of rotatable bonds is 6. The van der Waals surface area contributed by atoms with Gasteiger partial charge in [0.2, 0.25) is 5.95 Å². The molecule has 1 heterocycles. The molecule has 0 fully saturated rings. The van der Waals surface area contributed by atoms with E-state index in [-0.39, 0.29) is 11.6 Å². The number of nitrogens with one attached hydrogen (secondary N) is 1. The van der Waals surface area contributed by atoms with Crippen LogP contribution in [0.25, 0.3) is 11.3 Å². The molecular weight excluding hydrogens is 421 g/mol. The third-order valence-corrected chi connectivity index (χ3v) is 4.01. The summed E-state index contributed by atoms with van der Waals surface area (Å²) in [4.78, 5) is 8.34. The maximum atomic E-state index is 13.1. The molecule has 3 aromatic rings. The third-order valence-electron chi connectivity index (χ3n) is 3.46. The second kappa shape index (κ2) is 8.20. The van der Waals surface area contributed by atoms with Crippen molar-refractivity contribution in [3.63, 3.8) is 0 Å². The molecule has 146 valence electrons. The van der Waals surface area contributed by atoms with Gasteiger partial charge in [-0.15, -0.1) is 0 Å². The molecule has 2 aromatic carbocycles. The highest BCUT2D eigenvalue weighted by atomic mass is 35.5. The fourth-order valence-electron chi connectivity index (χ4n) is 2.23. The van der Waals surface area contributed by atoms with Crippen molar-refractivity contribution in [1.82, 2.24) is 9.97 Å². The molecule has 0 unspecified atom stereocenters. The molecule has 0 saturated heterocycles. The predicted molar refractivity (Wildman–Crippen MR) is 98.8 cm³/mol. The molecule has 1 aromatic heterocycles. The van der Waals surface area contributed by atoms with E-state index in [1.807, 2.05) is 0 Å². The SMILES string of the molecule is FC(F)C(F)(F)Oc1cccc(Nc2nccc(-c3ccc(Cl)cc3Cl)n2)c1. The Kier molecular flexibility index (Phi) is 5.90. The molecule has 0 radical (unpaired) electrons. The van der Waals surface area contributed by atoms with Gasteiger partial charge in [-0.3, -0.25) is 0 Å². The van der Waals surface area contributed by atoms with Crippen LogP contribution in [0.4, 0.5) is 29.2 Å². The molecular formula is C18H11Cl2F4N3O. The van der Waals surface area contributed by atoms with E-state index in [2.05, 4.69) is 20.0 Å². The van der Waals surface area contributed by atoms with Crippen LogP contribution in [0.2, 0.25) is 10.0 Å². The summed E-state index contributed by atoms with van der Waals surface area (Å²) in [5.41, 5.74) is 1.38. The quantitative estimate of drug-likeness (QED) is 0.456. The van der Waals surface area contributed by atoms with Crippen molar-refractivity contribution in [2.45, 2.75) is 12.5 Å². The highest BCUT2D eigenvalue weighted by molar-refractivity contribution is 6.36. The number of ether oxygens (including phenoxy) is 1. The van der Waals surface area contributed by atoms with E-state index in [0.29, 0.717) is 21.3 Å². The summed E-state index contributed by atoms with van der Waals surface area (Å²) in [5, 5.41) is 3.66. The molecule has 0 saturated carbocycles. The molecule has 0 bridgehead atoms. The zero-order chi connectivity index (χ0) is 20.3. The number of alkyl halides is 4. The zero-order valence-corrected chi connectivity index (χ0v) is 15.4. The zero-order valence-electron chi connectivity index (χ0n) is 13.8. The molecule has 0 amide bonds. The van der Waals surface area contributed by atoms with E-state index >= 15 is 0 Å². The average Bonchev–Trinajstić information content (AvgIpc) is 2.61. The molecule has 0 aliphatic carbocycles. The standard InChI is InChI=1S/C18H11Cl2F4N3O/c19-10-4-5-13(14(20)8-10)15-6-7-25-17(27-15)26-11-2-1-3-12(9-11)28-18(23,24)16(21)22/h1-9,16H,(H,25,26,27). The van der Waals surface area contributed by atoms with Crippen LogP contribution < -0.4 is 10.1 Å². The van der Waals surface area contributed by atoms with Crippen LogP contribution in [0.5, 0.6) is 5.75 Å². The number of nitrogens with zero attached hydrogens (tertiary/aromatic N) is 2. The van der Waals surface area contributed by atoms with E-state index in [1.54, 1.807) is 24.3 Å². The second-order valence-electron chi connectivity index (χ2n) is 5.51. The minimum absolute atomic E-state index is 0.140. The molecule has 28 heavy (non-hydrogen) atoms. The van der Waals surface area contributed by atoms with Crippen molar-refractivity contribution in [2.75, 3.05) is 5.32 Å². The van der Waals surface area contributed by atoms with Crippen LogP contribution in [0, 0.1) is 0 Å². The van der Waals surface area contributed by atoms with Gasteiger partial charge >= 0.3 is 12.5 Å². The second-order valence-corrected chi connectivity index (χ2v) is 6.35. The predicted octanol–water partition coefficient (Wildman–Crippen LogP) is 6.43. The summed E-state index contributed by atoms with van der Waals surface area (Å²) in [5.74, 6) is -0.298. The van der Waals surface area contributed by atoms with Gasteiger partial charge in [-0.05, 0) is 36.4 Å². The molecule has 4 nitrogen and oxygen atoms in total. The lowest BCUT2D eigenvalue weighted by Crippen LogP contribution is -2.33. The molecule has 3 rings (SSSR count). The first-order valence-electron chi connectivity index (χ1n) is 7.75. The van der Waals surface area contributed by atoms with Gasteiger partial charge in [0.1, 0.15) is 5.75 Å². The van der Waals surface area contributed by atoms with Gasteiger partial charge in [-0.2, -0.15) is 17.6 Å². The summed E-state index contributed by atoms with van der Waals surface area (Å²) >= 11 is 12.1. The van der Waals surface area contributed by atoms with Gasteiger partial charge in [-0.25, -0.2) is 9.97 Å². The Labute approximate surface area is 167 Å². The van der Waals surface area contributed by atoms with Gasteiger partial charge in [0, 0.05) is 28.5 Å². The van der Waals surface area contributed by atoms with Crippen LogP contribution in [0.1, 0.15) is 0 Å². The number of hydrogen-bond acceptors (Lipinski definition) is 4. The van der Waals surface area contributed by atoms with Crippen molar-refractivity contribution >= 4 is 34.8 Å². The van der Waals surface area contributed by atoms with Gasteiger partial charge in [0.15, 0.2) is 0 Å². The smallest absolute Gasteiger partial charge is 0.428 e. The van der Waals surface area contributed by atoms with E-state index < -0.39 is 18.3 Å². The maximum absolute atomic E-state index is 13.1. The molecule has 0 atom stereocenters. The summed E-state index contributed by atoms with van der Waals surface area (Å²) in [6.45, 7) is 0. The Morgan fingerprint density at radius 3 is 2.54 bits per heavy atom. The van der Waals surface area contributed by atoms with Crippen molar-refractivity contribution in [3.8, 4) is 17.0 Å². The van der Waals surface area contributed by atoms with Crippen LogP contribution in [-0.4, -0.2) is 22.5 Å². The lowest BCUT2D eigenvalue weighted by Gasteiger charge is -2.17. The van der Waals surface area contributed by atoms with Crippen LogP contribution in [-0.2, 0) is 0 Å². The Morgan fingerprint density at radius 1 is 1.04 bits per heavy atom. The highest BCUT2D eigenvalue weighted by Gasteiger charge is 2.43. The van der Waals surface area contributed by atoms with Crippen molar-refractivity contribution in [3.05, 3.63) is 64.8 Å². The number of anilines is 2. The Bertz CT molecular complexity index is 989. The van der Waals surface area contributed by atoms with Gasteiger partial charge in [-0.1, -0.05) is 29.3 Å². The molecule has 0 spiro atoms. The van der Waals surface area contributed by atoms with Crippen molar-refractivity contribution < 1.29 is 22.3 Å². The van der Waals surface area contributed by atoms with Crippen LogP contribution in [0.3, 0.4) is 0 Å². The van der Waals surface area contributed by atoms with E-state index in [1.165, 1.54) is 18.3 Å². The number of aromatic nitrogens is 2. The minimum Gasteiger partial charge on any atom is -0.428 e. The number of benzene rings is 2. The Morgan fingerprint density at radius 2 is 1.82 bits per heavy atom. The van der Waals surface area contributed by atoms with E-state index in [4.69, 9.17) is 23.2 Å². The fraction of sp³-hybridized carbons (Fsp3) is 0.111. The first kappa shape index (κ1) is 20.2. The lowest BCUT2D eigenvalue weighted by atomic mass is 10.1. The summed E-state index contributed by atoms with van der Waals surface area (Å²) in [6.07, 6.45) is -7.07. The van der Waals surface area contributed by atoms with E-state index in [9.17, 15) is 17.6 Å². The lowest BCUT2D eigenvalue weighted by molar-refractivity contribution is -0.253. The van der Waals surface area contributed by atoms with Crippen LogP contribution in [0.15, 0.2) is 54.7 Å². The number of hydrogen-bond donors (Lipinski definition) is 1. The Balaban J connectivity index is 1.82. The topological polar surface area (TPSA) is 47.0 Å². The van der Waals surface area contributed by atoms with Crippen molar-refractivity contribution in [2.24, 2.45) is 0 Å². The maximum Gasteiger partial charge on any atom is 0.461 e. The molecule has 0 aliphatic rings. The molecule has 10 heteroatoms. The van der Waals surface area contributed by atoms with Crippen molar-refractivity contribution in [1.29, 1.82) is 0 Å². The first-order valence-corrected chi connectivity index (χ1v) is 8.51. The number of halogens is 6. The third kappa shape index (κ3) is 4.82. The van der Waals surface area contributed by atoms with Gasteiger partial charge in [0.25, 0.3) is 0 Å².